The van der Waals surface area contributed by atoms with Gasteiger partial charge in [-0.15, -0.1) is 0 Å². The van der Waals surface area contributed by atoms with Crippen LogP contribution >= 0.6 is 0 Å². The zero-order valence-corrected chi connectivity index (χ0v) is 10.8. The molecule has 1 amide bonds. The summed E-state index contributed by atoms with van der Waals surface area (Å²) in [6.07, 6.45) is 2.49. The second-order valence-electron chi connectivity index (χ2n) is 4.90. The Bertz CT molecular complexity index is 483. The highest BCUT2D eigenvalue weighted by Gasteiger charge is 2.24. The lowest BCUT2D eigenvalue weighted by Crippen LogP contribution is -2.42. The first-order valence-electron chi connectivity index (χ1n) is 6.26. The first-order chi connectivity index (χ1) is 8.58. The number of pyridine rings is 1. The van der Waals surface area contributed by atoms with E-state index < -0.39 is 0 Å². The molecule has 1 aromatic heterocycles. The number of aromatic nitrogens is 1. The topological polar surface area (TPSA) is 56.4 Å². The number of hydrogen-bond acceptors (Lipinski definition) is 3. The van der Waals surface area contributed by atoms with Gasteiger partial charge in [-0.3, -0.25) is 9.59 Å². The molecule has 1 aliphatic heterocycles. The molecule has 2 heterocycles. The molecular formula is C13H19N3O2. The summed E-state index contributed by atoms with van der Waals surface area (Å²) in [6.45, 7) is 4.67. The number of amides is 1. The molecule has 1 unspecified atom stereocenters. The third-order valence-electron chi connectivity index (χ3n) is 3.33. The summed E-state index contributed by atoms with van der Waals surface area (Å²) in [5, 5.41) is 0. The maximum atomic E-state index is 12.4. The zero-order chi connectivity index (χ0) is 13.1. The quantitative estimate of drug-likeness (QED) is 0.790. The van der Waals surface area contributed by atoms with E-state index in [1.54, 1.807) is 6.07 Å². The van der Waals surface area contributed by atoms with Crippen LogP contribution in [0.4, 0.5) is 0 Å². The molecule has 5 nitrogen and oxygen atoms in total. The van der Waals surface area contributed by atoms with E-state index in [2.05, 4.69) is 16.9 Å². The van der Waals surface area contributed by atoms with E-state index in [0.29, 0.717) is 5.56 Å². The first kappa shape index (κ1) is 12.8. The van der Waals surface area contributed by atoms with Crippen molar-refractivity contribution in [1.82, 2.24) is 14.8 Å². The minimum absolute atomic E-state index is 0.0519. The van der Waals surface area contributed by atoms with Gasteiger partial charge in [0.15, 0.2) is 0 Å². The van der Waals surface area contributed by atoms with Gasteiger partial charge in [-0.05, 0) is 33.0 Å². The third kappa shape index (κ3) is 2.79. The van der Waals surface area contributed by atoms with E-state index in [4.69, 9.17) is 0 Å². The van der Waals surface area contributed by atoms with Crippen molar-refractivity contribution < 1.29 is 4.79 Å². The number of hydrogen-bond donors (Lipinski definition) is 1. The van der Waals surface area contributed by atoms with E-state index in [-0.39, 0.29) is 17.5 Å². The van der Waals surface area contributed by atoms with Gasteiger partial charge in [0, 0.05) is 37.0 Å². The van der Waals surface area contributed by atoms with Crippen LogP contribution in [0, 0.1) is 0 Å². The summed E-state index contributed by atoms with van der Waals surface area (Å²) in [5.41, 5.74) is 0.232. The molecular weight excluding hydrogens is 230 g/mol. The monoisotopic (exact) mass is 249 g/mol. The van der Waals surface area contributed by atoms with Crippen molar-refractivity contribution in [3.05, 3.63) is 34.2 Å². The fraction of sp³-hybridized carbons (Fsp3) is 0.538. The Morgan fingerprint density at radius 3 is 2.94 bits per heavy atom. The molecule has 1 saturated heterocycles. The van der Waals surface area contributed by atoms with Gasteiger partial charge in [-0.1, -0.05) is 0 Å². The van der Waals surface area contributed by atoms with Crippen molar-refractivity contribution in [2.75, 3.05) is 26.7 Å². The molecule has 0 aromatic carbocycles. The number of carbonyl (C=O) groups is 1. The molecule has 1 aromatic rings. The summed E-state index contributed by atoms with van der Waals surface area (Å²) >= 11 is 0. The van der Waals surface area contributed by atoms with Crippen molar-refractivity contribution in [2.45, 2.75) is 19.4 Å². The highest BCUT2D eigenvalue weighted by Crippen LogP contribution is 2.12. The fourth-order valence-corrected chi connectivity index (χ4v) is 2.42. The van der Waals surface area contributed by atoms with Crippen LogP contribution in [0.5, 0.6) is 0 Å². The third-order valence-corrected chi connectivity index (χ3v) is 3.33. The van der Waals surface area contributed by atoms with Gasteiger partial charge in [0.05, 0.1) is 0 Å². The minimum atomic E-state index is -0.236. The molecule has 1 atom stereocenters. The second kappa shape index (κ2) is 5.35. The van der Waals surface area contributed by atoms with Gasteiger partial charge in [0.2, 0.25) is 5.56 Å². The number of likely N-dealkylation sites (N-methyl/N-ethyl adjacent to an activating group) is 1. The molecule has 2 rings (SSSR count). The minimum Gasteiger partial charge on any atom is -0.335 e. The Labute approximate surface area is 106 Å². The summed E-state index contributed by atoms with van der Waals surface area (Å²) < 4.78 is 0. The normalized spacial score (nSPS) is 21.7. The van der Waals surface area contributed by atoms with Crippen molar-refractivity contribution in [3.63, 3.8) is 0 Å². The van der Waals surface area contributed by atoms with Gasteiger partial charge in [0.25, 0.3) is 5.91 Å². The van der Waals surface area contributed by atoms with Crippen molar-refractivity contribution >= 4 is 5.91 Å². The van der Waals surface area contributed by atoms with Crippen LogP contribution in [0.2, 0.25) is 0 Å². The second-order valence-corrected chi connectivity index (χ2v) is 4.90. The standard InChI is InChI=1S/C13H19N3O2/c1-10-9-15(2)6-3-7-16(10)13(18)11-4-5-14-12(17)8-11/h4-5,8,10H,3,6-7,9H2,1-2H3,(H,14,17). The van der Waals surface area contributed by atoms with E-state index in [1.807, 2.05) is 11.8 Å². The Balaban J connectivity index is 2.19. The van der Waals surface area contributed by atoms with Crippen LogP contribution in [0.1, 0.15) is 23.7 Å². The smallest absolute Gasteiger partial charge is 0.254 e. The lowest BCUT2D eigenvalue weighted by atomic mass is 10.2. The number of rotatable bonds is 1. The van der Waals surface area contributed by atoms with E-state index in [1.165, 1.54) is 12.3 Å². The molecule has 18 heavy (non-hydrogen) atoms. The van der Waals surface area contributed by atoms with Gasteiger partial charge in [-0.2, -0.15) is 0 Å². The van der Waals surface area contributed by atoms with Gasteiger partial charge >= 0.3 is 0 Å². The highest BCUT2D eigenvalue weighted by atomic mass is 16.2. The SMILES string of the molecule is CC1CN(C)CCCN1C(=O)c1cc[nH]c(=O)c1. The van der Waals surface area contributed by atoms with E-state index in [9.17, 15) is 9.59 Å². The van der Waals surface area contributed by atoms with Crippen LogP contribution in [0.3, 0.4) is 0 Å². The van der Waals surface area contributed by atoms with Crippen molar-refractivity contribution in [1.29, 1.82) is 0 Å². The van der Waals surface area contributed by atoms with Gasteiger partial charge in [0.1, 0.15) is 0 Å². The Kier molecular flexibility index (Phi) is 3.81. The van der Waals surface area contributed by atoms with E-state index in [0.717, 1.165) is 26.1 Å². The molecule has 0 bridgehead atoms. The maximum Gasteiger partial charge on any atom is 0.254 e. The zero-order valence-electron chi connectivity index (χ0n) is 10.8. The average Bonchev–Trinajstić information content (AvgIpc) is 2.49. The van der Waals surface area contributed by atoms with Crippen LogP contribution in [0.15, 0.2) is 23.1 Å². The predicted octanol–water partition coefficient (Wildman–Crippen LogP) is 0.541. The van der Waals surface area contributed by atoms with Crippen molar-refractivity contribution in [3.8, 4) is 0 Å². The average molecular weight is 249 g/mol. The molecule has 1 N–H and O–H groups in total. The largest absolute Gasteiger partial charge is 0.335 e. The summed E-state index contributed by atoms with van der Waals surface area (Å²) in [5.74, 6) is -0.0519. The Hall–Kier alpha value is -1.62. The number of nitrogens with zero attached hydrogens (tertiary/aromatic N) is 2. The fourth-order valence-electron chi connectivity index (χ4n) is 2.42. The molecule has 5 heteroatoms. The highest BCUT2D eigenvalue weighted by molar-refractivity contribution is 5.94. The molecule has 0 spiro atoms. The predicted molar refractivity (Wildman–Crippen MR) is 69.7 cm³/mol. The summed E-state index contributed by atoms with van der Waals surface area (Å²) in [4.78, 5) is 30.2. The molecule has 98 valence electrons. The number of H-pyrrole nitrogens is 1. The van der Waals surface area contributed by atoms with Crippen LogP contribution in [-0.2, 0) is 0 Å². The lowest BCUT2D eigenvalue weighted by Gasteiger charge is -2.28. The van der Waals surface area contributed by atoms with Crippen LogP contribution < -0.4 is 5.56 Å². The number of nitrogens with one attached hydrogen (secondary N) is 1. The number of aromatic amines is 1. The first-order valence-corrected chi connectivity index (χ1v) is 6.26. The summed E-state index contributed by atoms with van der Waals surface area (Å²) in [7, 11) is 2.07. The lowest BCUT2D eigenvalue weighted by molar-refractivity contribution is 0.0696. The molecule has 0 aliphatic carbocycles. The van der Waals surface area contributed by atoms with Gasteiger partial charge < -0.3 is 14.8 Å². The van der Waals surface area contributed by atoms with Crippen LogP contribution in [-0.4, -0.2) is 53.4 Å². The maximum absolute atomic E-state index is 12.4. The summed E-state index contributed by atoms with van der Waals surface area (Å²) in [6, 6.07) is 3.19. The molecule has 1 fully saturated rings. The molecule has 0 saturated carbocycles. The van der Waals surface area contributed by atoms with Crippen LogP contribution in [0.25, 0.3) is 0 Å². The Morgan fingerprint density at radius 2 is 2.22 bits per heavy atom. The number of carbonyl (C=O) groups excluding carboxylic acids is 1. The van der Waals surface area contributed by atoms with Crippen molar-refractivity contribution in [2.24, 2.45) is 0 Å². The molecule has 0 radical (unpaired) electrons. The Morgan fingerprint density at radius 1 is 1.44 bits per heavy atom. The van der Waals surface area contributed by atoms with E-state index >= 15 is 0 Å². The molecule has 1 aliphatic rings. The van der Waals surface area contributed by atoms with Gasteiger partial charge in [-0.25, -0.2) is 0 Å².